The zero-order valence-corrected chi connectivity index (χ0v) is 17.5. The molecule has 0 atom stereocenters. The van der Waals surface area contributed by atoms with E-state index in [4.69, 9.17) is 4.74 Å². The van der Waals surface area contributed by atoms with Crippen molar-refractivity contribution in [3.05, 3.63) is 62.5 Å². The lowest BCUT2D eigenvalue weighted by Crippen LogP contribution is -2.19. The molecular formula is C23H19NO6S. The minimum absolute atomic E-state index is 0.126. The molecule has 2 N–H and O–H groups in total. The molecular weight excluding hydrogens is 418 g/mol. The number of methoxy groups -OCH3 is 1. The van der Waals surface area contributed by atoms with Gasteiger partial charge in [-0.25, -0.2) is 4.79 Å². The standard InChI is InChI=1S/C23H19NO6S/c1-30-22-13(18-8-15-17(31-18)7-2-11(10-25)20(15)26)5-6-14-19(22)24(12-3-4-12)9-16(21(14)27)23(28)29/h5-6,8-10,12,25H,2-4,7H2,1H3,(H,28,29)/b11-10-. The number of fused-ring (bicyclic) bond motifs is 2. The molecule has 1 saturated carbocycles. The minimum Gasteiger partial charge on any atom is -0.515 e. The Bertz CT molecular complexity index is 1360. The second-order valence-corrected chi connectivity index (χ2v) is 8.93. The molecule has 7 nitrogen and oxygen atoms in total. The molecule has 3 aromatic rings. The van der Waals surface area contributed by atoms with Crippen LogP contribution < -0.4 is 10.2 Å². The number of thiophene rings is 1. The second-order valence-electron chi connectivity index (χ2n) is 7.79. The Morgan fingerprint density at radius 1 is 1.23 bits per heavy atom. The van der Waals surface area contributed by atoms with Gasteiger partial charge in [0.05, 0.1) is 24.3 Å². The Morgan fingerprint density at radius 3 is 2.65 bits per heavy atom. The van der Waals surface area contributed by atoms with Crippen LogP contribution in [0.5, 0.6) is 5.75 Å². The highest BCUT2D eigenvalue weighted by atomic mass is 32.1. The molecule has 8 heteroatoms. The van der Waals surface area contributed by atoms with Crippen LogP contribution in [-0.2, 0) is 6.42 Å². The minimum atomic E-state index is -1.25. The Balaban J connectivity index is 1.76. The van der Waals surface area contributed by atoms with E-state index < -0.39 is 11.4 Å². The van der Waals surface area contributed by atoms with Gasteiger partial charge in [-0.2, -0.15) is 0 Å². The third-order valence-corrected chi connectivity index (χ3v) is 7.14. The van der Waals surface area contributed by atoms with E-state index in [1.54, 1.807) is 18.2 Å². The third kappa shape index (κ3) is 2.97. The quantitative estimate of drug-likeness (QED) is 0.465. The third-order valence-electron chi connectivity index (χ3n) is 5.91. The number of aryl methyl sites for hydroxylation is 1. The van der Waals surface area contributed by atoms with Crippen molar-refractivity contribution >= 4 is 34.0 Å². The molecule has 0 saturated heterocycles. The highest BCUT2D eigenvalue weighted by Crippen LogP contribution is 2.45. The fraction of sp³-hybridized carbons (Fsp3) is 0.261. The van der Waals surface area contributed by atoms with Crippen molar-refractivity contribution in [3.8, 4) is 16.2 Å². The van der Waals surface area contributed by atoms with Gasteiger partial charge < -0.3 is 19.5 Å². The van der Waals surface area contributed by atoms with E-state index in [0.29, 0.717) is 40.6 Å². The zero-order chi connectivity index (χ0) is 21.9. The zero-order valence-electron chi connectivity index (χ0n) is 16.7. The molecule has 0 amide bonds. The lowest BCUT2D eigenvalue weighted by Gasteiger charge is -2.17. The summed E-state index contributed by atoms with van der Waals surface area (Å²) in [5, 5.41) is 19.1. The maximum atomic E-state index is 12.8. The summed E-state index contributed by atoms with van der Waals surface area (Å²) in [4.78, 5) is 38.8. The number of rotatable bonds is 4. The Morgan fingerprint density at radius 2 is 2.00 bits per heavy atom. The van der Waals surface area contributed by atoms with E-state index >= 15 is 0 Å². The number of aliphatic hydroxyl groups excluding tert-OH is 1. The molecule has 2 aliphatic rings. The Kier molecular flexibility index (Phi) is 4.48. The number of aromatic carboxylic acids is 1. The summed E-state index contributed by atoms with van der Waals surface area (Å²) in [6, 6.07) is 5.32. The predicted molar refractivity (Wildman–Crippen MR) is 117 cm³/mol. The first-order chi connectivity index (χ1) is 14.9. The molecule has 1 aromatic carbocycles. The maximum absolute atomic E-state index is 12.8. The number of aromatic nitrogens is 1. The van der Waals surface area contributed by atoms with E-state index in [1.807, 2.05) is 4.57 Å². The normalized spacial score (nSPS) is 17.2. The fourth-order valence-electron chi connectivity index (χ4n) is 4.21. The smallest absolute Gasteiger partial charge is 0.341 e. The van der Waals surface area contributed by atoms with E-state index in [1.165, 1.54) is 24.6 Å². The van der Waals surface area contributed by atoms with Crippen LogP contribution in [0.4, 0.5) is 0 Å². The molecule has 158 valence electrons. The molecule has 31 heavy (non-hydrogen) atoms. The van der Waals surface area contributed by atoms with Crippen LogP contribution in [0.2, 0.25) is 0 Å². The molecule has 5 rings (SSSR count). The number of ether oxygens (including phenoxy) is 1. The van der Waals surface area contributed by atoms with Gasteiger partial charge in [0.2, 0.25) is 5.43 Å². The summed E-state index contributed by atoms with van der Waals surface area (Å²) in [6.45, 7) is 0. The Hall–Kier alpha value is -3.39. The van der Waals surface area contributed by atoms with Crippen molar-refractivity contribution in [2.45, 2.75) is 31.7 Å². The number of carbonyl (C=O) groups excluding carboxylic acids is 1. The van der Waals surface area contributed by atoms with Crippen LogP contribution in [0.25, 0.3) is 21.3 Å². The number of nitrogens with zero attached hydrogens (tertiary/aromatic N) is 1. The van der Waals surface area contributed by atoms with Crippen LogP contribution in [0.15, 0.2) is 41.0 Å². The summed E-state index contributed by atoms with van der Waals surface area (Å²) in [7, 11) is 1.52. The van der Waals surface area contributed by atoms with Gasteiger partial charge >= 0.3 is 5.97 Å². The average molecular weight is 437 g/mol. The highest BCUT2D eigenvalue weighted by Gasteiger charge is 2.30. The first-order valence-electron chi connectivity index (χ1n) is 9.94. The number of Topliss-reactive ketones (excluding diaryl/α,β-unsaturated/α-hetero) is 1. The summed E-state index contributed by atoms with van der Waals surface area (Å²) >= 11 is 1.49. The molecule has 0 bridgehead atoms. The first-order valence-corrected chi connectivity index (χ1v) is 10.8. The van der Waals surface area contributed by atoms with E-state index in [2.05, 4.69) is 0 Å². The number of allylic oxidation sites excluding steroid dienone is 1. The molecule has 2 aliphatic carbocycles. The predicted octanol–water partition coefficient (Wildman–Crippen LogP) is 4.34. The van der Waals surface area contributed by atoms with Gasteiger partial charge in [0.25, 0.3) is 0 Å². The first kappa shape index (κ1) is 19.6. The molecule has 2 heterocycles. The largest absolute Gasteiger partial charge is 0.515 e. The van der Waals surface area contributed by atoms with Crippen LogP contribution in [-0.4, -0.2) is 33.6 Å². The van der Waals surface area contributed by atoms with Gasteiger partial charge in [0.1, 0.15) is 5.56 Å². The van der Waals surface area contributed by atoms with Crippen molar-refractivity contribution in [2.75, 3.05) is 7.11 Å². The van der Waals surface area contributed by atoms with Crippen molar-refractivity contribution in [3.63, 3.8) is 0 Å². The SMILES string of the molecule is COc1c(-c2cc3c(s2)CC/C(=C/O)C3=O)ccc2c(=O)c(C(=O)O)cn(C3CC3)c12. The lowest BCUT2D eigenvalue weighted by molar-refractivity contribution is 0.0694. The number of carboxylic acid groups (broad SMARTS) is 1. The number of carbonyl (C=O) groups is 2. The van der Waals surface area contributed by atoms with E-state index in [9.17, 15) is 24.6 Å². The van der Waals surface area contributed by atoms with Gasteiger partial charge in [-0.3, -0.25) is 9.59 Å². The van der Waals surface area contributed by atoms with Gasteiger partial charge in [-0.15, -0.1) is 11.3 Å². The topological polar surface area (TPSA) is 106 Å². The second kappa shape index (κ2) is 7.09. The molecule has 1 fully saturated rings. The molecule has 0 radical (unpaired) electrons. The van der Waals surface area contributed by atoms with Gasteiger partial charge in [-0.05, 0) is 43.9 Å². The van der Waals surface area contributed by atoms with Crippen LogP contribution in [0.1, 0.15) is 50.9 Å². The number of benzene rings is 1. The summed E-state index contributed by atoms with van der Waals surface area (Å²) < 4.78 is 7.59. The van der Waals surface area contributed by atoms with Crippen molar-refractivity contribution < 1.29 is 24.5 Å². The molecule has 0 unspecified atom stereocenters. The number of ketones is 1. The Labute approximate surface area is 180 Å². The van der Waals surface area contributed by atoms with Gasteiger partial charge in [-0.1, -0.05) is 0 Å². The maximum Gasteiger partial charge on any atom is 0.341 e. The van der Waals surface area contributed by atoms with Gasteiger partial charge in [0.15, 0.2) is 11.5 Å². The average Bonchev–Trinajstić information content (AvgIpc) is 3.51. The summed E-state index contributed by atoms with van der Waals surface area (Å²) in [5.74, 6) is -0.934. The molecule has 2 aromatic heterocycles. The molecule has 0 aliphatic heterocycles. The molecule has 0 spiro atoms. The summed E-state index contributed by atoms with van der Waals surface area (Å²) in [6.07, 6.45) is 5.27. The number of pyridine rings is 1. The van der Waals surface area contributed by atoms with E-state index in [0.717, 1.165) is 34.4 Å². The lowest BCUT2D eigenvalue weighted by atomic mass is 9.93. The van der Waals surface area contributed by atoms with Crippen LogP contribution in [0, 0.1) is 0 Å². The summed E-state index contributed by atoms with van der Waals surface area (Å²) in [5.41, 5.74) is 1.50. The van der Waals surface area contributed by atoms with Gasteiger partial charge in [0, 0.05) is 38.7 Å². The number of hydrogen-bond donors (Lipinski definition) is 2. The van der Waals surface area contributed by atoms with Crippen LogP contribution >= 0.6 is 11.3 Å². The highest BCUT2D eigenvalue weighted by molar-refractivity contribution is 7.16. The van der Waals surface area contributed by atoms with E-state index in [-0.39, 0.29) is 17.4 Å². The van der Waals surface area contributed by atoms with Crippen molar-refractivity contribution in [1.82, 2.24) is 4.57 Å². The van der Waals surface area contributed by atoms with Crippen molar-refractivity contribution in [2.24, 2.45) is 0 Å². The fourth-order valence-corrected chi connectivity index (χ4v) is 5.39. The monoisotopic (exact) mass is 437 g/mol. The number of aliphatic hydroxyl groups is 1. The number of hydrogen-bond acceptors (Lipinski definition) is 6. The number of carboxylic acids is 1. The van der Waals surface area contributed by atoms with Crippen LogP contribution in [0.3, 0.4) is 0 Å². The van der Waals surface area contributed by atoms with Crippen molar-refractivity contribution in [1.29, 1.82) is 0 Å².